The van der Waals surface area contributed by atoms with Crippen LogP contribution in [0.3, 0.4) is 0 Å². The third kappa shape index (κ3) is 14.0. The zero-order valence-electron chi connectivity index (χ0n) is 42.3. The van der Waals surface area contributed by atoms with Crippen LogP contribution >= 0.6 is 11.8 Å². The number of fused-ring (bicyclic) bond motifs is 1. The summed E-state index contributed by atoms with van der Waals surface area (Å²) in [4.78, 5) is 13.0. The Morgan fingerprint density at radius 3 is 2.00 bits per heavy atom. The smallest absolute Gasteiger partial charge is 0.269 e. The molecule has 0 aliphatic carbocycles. The summed E-state index contributed by atoms with van der Waals surface area (Å²) in [6.45, 7) is 3.35. The molecule has 0 N–H and O–H groups in total. The molecule has 0 bridgehead atoms. The lowest BCUT2D eigenvalue weighted by atomic mass is 9.95. The largest absolute Gasteiger partial charge is 0.497 e. The molecule has 0 radical (unpaired) electrons. The van der Waals surface area contributed by atoms with Crippen molar-refractivity contribution >= 4 is 17.4 Å². The number of non-ortho nitro benzene ring substituents is 1. The molecule has 3 saturated heterocycles. The summed E-state index contributed by atoms with van der Waals surface area (Å²) in [6, 6.07) is 51.7. The van der Waals surface area contributed by atoms with E-state index < -0.39 is 71.4 Å². The van der Waals surface area contributed by atoms with Gasteiger partial charge in [0.25, 0.3) is 5.69 Å². The van der Waals surface area contributed by atoms with E-state index in [0.717, 1.165) is 27.8 Å². The standard InChI is InChI=1S/C58H62N4O13S/c1-3-76-58(39-67-35-42-18-10-5-11-19-42)54(52(69-36-43-20-12-6-13-21-43)49(75-58)37-66-34-41-16-8-4-9-17-41)74-56(45-26-30-47(65-2)31-27-45)73-53-50(60-61-59)57(68-33-32-40-24-28-46(29-25-40)62(63)64)71-48-38-70-55(72-51(48)53)44-22-14-7-15-23-44/h4-31,48-57H,3,32-39H2,1-2H3/t48-,49-,50+,51-,52-,53-,54+,55-,56?,57-,58-/m1/s1. The summed E-state index contributed by atoms with van der Waals surface area (Å²) in [5, 5.41) is 15.7. The van der Waals surface area contributed by atoms with Crippen molar-refractivity contribution in [3.8, 4) is 5.75 Å². The molecule has 1 unspecified atom stereocenters. The molecule has 6 aromatic carbocycles. The van der Waals surface area contributed by atoms with Crippen LogP contribution in [-0.4, -0.2) is 98.1 Å². The average molecular weight is 1060 g/mol. The van der Waals surface area contributed by atoms with E-state index in [1.807, 2.05) is 146 Å². The molecule has 0 saturated carbocycles. The first kappa shape index (κ1) is 54.6. The number of nitro benzene ring substituents is 1. The van der Waals surface area contributed by atoms with Crippen molar-refractivity contribution in [3.63, 3.8) is 0 Å². The molecule has 0 amide bonds. The number of ether oxygens (including phenoxy) is 11. The molecule has 11 atom stereocenters. The van der Waals surface area contributed by atoms with E-state index in [-0.39, 0.29) is 38.7 Å². The van der Waals surface area contributed by atoms with Gasteiger partial charge in [-0.3, -0.25) is 10.1 Å². The van der Waals surface area contributed by atoms with Gasteiger partial charge in [-0.1, -0.05) is 158 Å². The number of nitro groups is 1. The molecule has 76 heavy (non-hydrogen) atoms. The number of benzene rings is 6. The lowest BCUT2D eigenvalue weighted by Crippen LogP contribution is -2.62. The van der Waals surface area contributed by atoms with Gasteiger partial charge in [-0.05, 0) is 52.1 Å². The number of rotatable bonds is 26. The van der Waals surface area contributed by atoms with Crippen molar-refractivity contribution in [1.82, 2.24) is 0 Å². The van der Waals surface area contributed by atoms with Gasteiger partial charge >= 0.3 is 0 Å². The van der Waals surface area contributed by atoms with Crippen LogP contribution in [0.5, 0.6) is 5.75 Å². The van der Waals surface area contributed by atoms with Gasteiger partial charge in [-0.25, -0.2) is 0 Å². The number of azide groups is 1. The van der Waals surface area contributed by atoms with Gasteiger partial charge < -0.3 is 52.1 Å². The van der Waals surface area contributed by atoms with Gasteiger partial charge in [-0.15, -0.1) is 11.8 Å². The second-order valence-corrected chi connectivity index (χ2v) is 19.9. The molecule has 3 heterocycles. The molecule has 9 rings (SSSR count). The van der Waals surface area contributed by atoms with Gasteiger partial charge in [0.15, 0.2) is 23.8 Å². The van der Waals surface area contributed by atoms with Gasteiger partial charge in [-0.2, -0.15) is 0 Å². The highest BCUT2D eigenvalue weighted by Gasteiger charge is 2.59. The first-order valence-corrected chi connectivity index (χ1v) is 26.3. The van der Waals surface area contributed by atoms with Crippen molar-refractivity contribution < 1.29 is 57.0 Å². The number of nitrogens with zero attached hydrogens (tertiary/aromatic N) is 4. The number of methoxy groups -OCH3 is 1. The average Bonchev–Trinajstić information content (AvgIpc) is 3.76. The van der Waals surface area contributed by atoms with E-state index in [1.165, 1.54) is 12.1 Å². The summed E-state index contributed by atoms with van der Waals surface area (Å²) in [5.74, 6) is 1.22. The SMILES string of the molecule is CCS[C@@]1(COCc2ccccc2)O[C@H](COCc2ccccc2)[C@@H](OCc2ccccc2)[C@@H]1OC(O[C@@H]1[C@H](N=[N+]=[N-])[C@H](OCCc2ccc([N+](=O)[O-])cc2)O[C@@H]2CO[C@@H](c3ccccc3)O[C@@H]12)c1ccc(OC)cc1. The van der Waals surface area contributed by atoms with Crippen molar-refractivity contribution in [2.75, 3.05) is 39.3 Å². The Kier molecular flexibility index (Phi) is 19.5. The van der Waals surface area contributed by atoms with E-state index >= 15 is 0 Å². The van der Waals surface area contributed by atoms with Crippen molar-refractivity contribution in [1.29, 1.82) is 0 Å². The first-order valence-electron chi connectivity index (χ1n) is 25.3. The third-order valence-corrected chi connectivity index (χ3v) is 14.5. The van der Waals surface area contributed by atoms with Gasteiger partial charge in [0.1, 0.15) is 48.4 Å². The number of hydrogen-bond donors (Lipinski definition) is 0. The second-order valence-electron chi connectivity index (χ2n) is 18.4. The lowest BCUT2D eigenvalue weighted by Gasteiger charge is -2.49. The molecular weight excluding hydrogens is 993 g/mol. The molecule has 6 aromatic rings. The van der Waals surface area contributed by atoms with Crippen LogP contribution in [0.15, 0.2) is 175 Å². The van der Waals surface area contributed by atoms with Crippen LogP contribution in [0, 0.1) is 10.1 Å². The zero-order chi connectivity index (χ0) is 52.5. The second kappa shape index (κ2) is 27.2. The van der Waals surface area contributed by atoms with Crippen LogP contribution in [0.4, 0.5) is 5.69 Å². The summed E-state index contributed by atoms with van der Waals surface area (Å²) in [5.41, 5.74) is 15.4. The highest BCUT2D eigenvalue weighted by atomic mass is 32.2. The van der Waals surface area contributed by atoms with E-state index in [9.17, 15) is 15.6 Å². The Labute approximate surface area is 446 Å². The van der Waals surface area contributed by atoms with Gasteiger partial charge in [0.05, 0.1) is 58.3 Å². The highest BCUT2D eigenvalue weighted by molar-refractivity contribution is 8.00. The summed E-state index contributed by atoms with van der Waals surface area (Å²) in [6.07, 6.45) is -7.88. The first-order chi connectivity index (χ1) is 37.3. The van der Waals surface area contributed by atoms with Crippen molar-refractivity contribution in [2.24, 2.45) is 5.11 Å². The Bertz CT molecular complexity index is 2750. The van der Waals surface area contributed by atoms with Crippen LogP contribution < -0.4 is 4.74 Å². The molecular formula is C58H62N4O13S. The van der Waals surface area contributed by atoms with Crippen molar-refractivity contribution in [2.45, 2.75) is 99.6 Å². The minimum absolute atomic E-state index is 0.0233. The summed E-state index contributed by atoms with van der Waals surface area (Å²) < 4.78 is 74.1. The molecule has 0 spiro atoms. The topological polar surface area (TPSA) is 193 Å². The monoisotopic (exact) mass is 1050 g/mol. The fraction of sp³-hybridized carbons (Fsp3) is 0.379. The van der Waals surface area contributed by atoms with Crippen molar-refractivity contribution in [3.05, 3.63) is 224 Å². The molecule has 17 nitrogen and oxygen atoms in total. The van der Waals surface area contributed by atoms with Crippen LogP contribution in [-0.2, 0) is 73.6 Å². The summed E-state index contributed by atoms with van der Waals surface area (Å²) in [7, 11) is 1.59. The van der Waals surface area contributed by atoms with Gasteiger partial charge in [0.2, 0.25) is 0 Å². The maximum absolute atomic E-state index is 11.4. The van der Waals surface area contributed by atoms with Crippen LogP contribution in [0.1, 0.15) is 52.9 Å². The molecule has 3 fully saturated rings. The quantitative estimate of drug-likeness (QED) is 0.0124. The van der Waals surface area contributed by atoms with Crippen LogP contribution in [0.25, 0.3) is 10.4 Å². The highest BCUT2D eigenvalue weighted by Crippen LogP contribution is 2.47. The lowest BCUT2D eigenvalue weighted by molar-refractivity contribution is -0.384. The molecule has 3 aliphatic rings. The zero-order valence-corrected chi connectivity index (χ0v) is 43.1. The minimum atomic E-state index is -1.22. The van der Waals surface area contributed by atoms with E-state index in [0.29, 0.717) is 36.7 Å². The molecule has 3 aliphatic heterocycles. The Balaban J connectivity index is 1.09. The maximum Gasteiger partial charge on any atom is 0.269 e. The predicted molar refractivity (Wildman–Crippen MR) is 283 cm³/mol. The van der Waals surface area contributed by atoms with E-state index in [2.05, 4.69) is 16.9 Å². The molecule has 398 valence electrons. The van der Waals surface area contributed by atoms with E-state index in [4.69, 9.17) is 52.1 Å². The number of hydrogen-bond acceptors (Lipinski definition) is 15. The maximum atomic E-state index is 11.4. The fourth-order valence-corrected chi connectivity index (χ4v) is 10.7. The Hall–Kier alpha value is -6.22. The van der Waals surface area contributed by atoms with Crippen LogP contribution in [0.2, 0.25) is 0 Å². The molecule has 0 aromatic heterocycles. The number of thioether (sulfide) groups is 1. The predicted octanol–water partition coefficient (Wildman–Crippen LogP) is 11.0. The van der Waals surface area contributed by atoms with Gasteiger partial charge in [0, 0.05) is 28.2 Å². The minimum Gasteiger partial charge on any atom is -0.497 e. The summed E-state index contributed by atoms with van der Waals surface area (Å²) >= 11 is 1.55. The van der Waals surface area contributed by atoms with E-state index in [1.54, 1.807) is 31.0 Å². The molecule has 18 heteroatoms. The normalized spacial score (nSPS) is 25.5. The Morgan fingerprint density at radius 1 is 0.750 bits per heavy atom. The fourth-order valence-electron chi connectivity index (χ4n) is 9.50. The third-order valence-electron chi connectivity index (χ3n) is 13.3. The Morgan fingerprint density at radius 2 is 1.38 bits per heavy atom.